The molecular weight excluding hydrogens is 252 g/mol. The van der Waals surface area contributed by atoms with Crippen molar-refractivity contribution >= 4 is 0 Å². The summed E-state index contributed by atoms with van der Waals surface area (Å²) in [4.78, 5) is 4.10. The molecule has 20 heavy (non-hydrogen) atoms. The molecule has 2 fully saturated rings. The molecule has 0 aliphatic carbocycles. The first kappa shape index (κ1) is 14.0. The molecule has 4 nitrogen and oxygen atoms in total. The lowest BCUT2D eigenvalue weighted by Gasteiger charge is -2.47. The van der Waals surface area contributed by atoms with Crippen LogP contribution in [0, 0.1) is 0 Å². The highest BCUT2D eigenvalue weighted by Gasteiger charge is 2.43. The number of pyridine rings is 1. The van der Waals surface area contributed by atoms with E-state index < -0.39 is 0 Å². The van der Waals surface area contributed by atoms with Gasteiger partial charge in [-0.25, -0.2) is 0 Å². The summed E-state index contributed by atoms with van der Waals surface area (Å²) < 4.78 is 12.5. The summed E-state index contributed by atoms with van der Waals surface area (Å²) in [5.41, 5.74) is 1.22. The zero-order chi connectivity index (χ0) is 13.8. The highest BCUT2D eigenvalue weighted by Crippen LogP contribution is 2.42. The van der Waals surface area contributed by atoms with Crippen molar-refractivity contribution < 1.29 is 9.47 Å². The van der Waals surface area contributed by atoms with Gasteiger partial charge in [-0.3, -0.25) is 4.98 Å². The van der Waals surface area contributed by atoms with Crippen LogP contribution in [0.1, 0.15) is 44.3 Å². The molecule has 0 aromatic carbocycles. The fraction of sp³-hybridized carbons (Fsp3) is 0.688. The molecule has 110 valence electrons. The highest BCUT2D eigenvalue weighted by atomic mass is 16.5. The maximum Gasteiger partial charge on any atom is 0.0858 e. The Labute approximate surface area is 120 Å². The third-order valence-corrected chi connectivity index (χ3v) is 4.46. The van der Waals surface area contributed by atoms with E-state index in [0.717, 1.165) is 45.4 Å². The van der Waals surface area contributed by atoms with Crippen LogP contribution in [0.5, 0.6) is 0 Å². The Morgan fingerprint density at radius 3 is 2.80 bits per heavy atom. The van der Waals surface area contributed by atoms with Gasteiger partial charge >= 0.3 is 0 Å². The van der Waals surface area contributed by atoms with Crippen LogP contribution in [0.4, 0.5) is 0 Å². The van der Waals surface area contributed by atoms with E-state index in [1.807, 2.05) is 12.4 Å². The van der Waals surface area contributed by atoms with E-state index in [1.54, 1.807) is 0 Å². The van der Waals surface area contributed by atoms with Gasteiger partial charge in [-0.05, 0) is 50.6 Å². The monoisotopic (exact) mass is 276 g/mol. The Hall–Kier alpha value is -0.970. The van der Waals surface area contributed by atoms with Crippen LogP contribution >= 0.6 is 0 Å². The minimum absolute atomic E-state index is 0.00271. The van der Waals surface area contributed by atoms with E-state index in [-0.39, 0.29) is 11.7 Å². The van der Waals surface area contributed by atoms with Gasteiger partial charge in [0.1, 0.15) is 0 Å². The van der Waals surface area contributed by atoms with Crippen molar-refractivity contribution in [3.8, 4) is 0 Å². The number of ether oxygens (including phenoxy) is 2. The van der Waals surface area contributed by atoms with Gasteiger partial charge in [0.25, 0.3) is 0 Å². The van der Waals surface area contributed by atoms with Crippen LogP contribution in [0.3, 0.4) is 0 Å². The highest BCUT2D eigenvalue weighted by molar-refractivity contribution is 5.15. The van der Waals surface area contributed by atoms with E-state index in [1.165, 1.54) is 5.56 Å². The van der Waals surface area contributed by atoms with E-state index >= 15 is 0 Å². The number of hydrogen-bond donors (Lipinski definition) is 1. The van der Waals surface area contributed by atoms with Crippen molar-refractivity contribution in [2.45, 2.75) is 50.4 Å². The zero-order valence-corrected chi connectivity index (χ0v) is 12.2. The predicted molar refractivity (Wildman–Crippen MR) is 77.5 cm³/mol. The maximum absolute atomic E-state index is 6.53. The van der Waals surface area contributed by atoms with Crippen molar-refractivity contribution in [2.75, 3.05) is 19.7 Å². The van der Waals surface area contributed by atoms with Gasteiger partial charge in [0.05, 0.1) is 17.8 Å². The molecule has 3 rings (SSSR count). The number of nitrogens with zero attached hydrogens (tertiary/aromatic N) is 1. The standard InChI is InChI=1S/C16H24N2O2/c1-2-19-14-11-15(13-3-7-17-8-4-13)20-16(12-14)5-9-18-10-6-16/h3-4,7-8,14-15,18H,2,5-6,9-12H2,1H3/t14-,15-/m0/s1. The number of nitrogens with one attached hydrogen (secondary N) is 1. The molecule has 0 unspecified atom stereocenters. The summed E-state index contributed by atoms with van der Waals surface area (Å²) in [5.74, 6) is 0. The Balaban J connectivity index is 1.79. The topological polar surface area (TPSA) is 43.4 Å². The van der Waals surface area contributed by atoms with Crippen molar-refractivity contribution in [3.63, 3.8) is 0 Å². The molecule has 1 N–H and O–H groups in total. The fourth-order valence-electron chi connectivity index (χ4n) is 3.48. The molecule has 0 radical (unpaired) electrons. The second kappa shape index (κ2) is 6.20. The van der Waals surface area contributed by atoms with Gasteiger partial charge in [-0.1, -0.05) is 0 Å². The van der Waals surface area contributed by atoms with Crippen molar-refractivity contribution in [2.24, 2.45) is 0 Å². The van der Waals surface area contributed by atoms with E-state index in [0.29, 0.717) is 6.10 Å². The molecule has 4 heteroatoms. The summed E-state index contributed by atoms with van der Waals surface area (Å²) in [5, 5.41) is 3.43. The Kier molecular flexibility index (Phi) is 4.34. The lowest BCUT2D eigenvalue weighted by Crippen LogP contribution is -2.50. The molecule has 2 aliphatic rings. The van der Waals surface area contributed by atoms with Crippen LogP contribution in [0.25, 0.3) is 0 Å². The largest absolute Gasteiger partial charge is 0.378 e. The minimum Gasteiger partial charge on any atom is -0.378 e. The van der Waals surface area contributed by atoms with E-state index in [4.69, 9.17) is 9.47 Å². The third-order valence-electron chi connectivity index (χ3n) is 4.46. The molecule has 0 saturated carbocycles. The van der Waals surface area contributed by atoms with Crippen molar-refractivity contribution in [1.29, 1.82) is 0 Å². The molecule has 1 aromatic heterocycles. The molecule has 2 aliphatic heterocycles. The van der Waals surface area contributed by atoms with Crippen molar-refractivity contribution in [3.05, 3.63) is 30.1 Å². The Bertz CT molecular complexity index is 418. The van der Waals surface area contributed by atoms with E-state index in [2.05, 4.69) is 29.4 Å². The first-order valence-electron chi connectivity index (χ1n) is 7.71. The van der Waals surface area contributed by atoms with Gasteiger partial charge < -0.3 is 14.8 Å². The van der Waals surface area contributed by atoms with Crippen LogP contribution < -0.4 is 5.32 Å². The molecule has 2 atom stereocenters. The molecule has 3 heterocycles. The van der Waals surface area contributed by atoms with Gasteiger partial charge in [0.2, 0.25) is 0 Å². The normalized spacial score (nSPS) is 29.4. The van der Waals surface area contributed by atoms with Crippen LogP contribution in [-0.2, 0) is 9.47 Å². The SMILES string of the molecule is CCO[C@H]1C[C@@H](c2ccncc2)OC2(CCNCC2)C1. The molecule has 0 amide bonds. The summed E-state index contributed by atoms with van der Waals surface area (Å²) >= 11 is 0. The molecular formula is C16H24N2O2. The van der Waals surface area contributed by atoms with Crippen LogP contribution in [0.2, 0.25) is 0 Å². The Morgan fingerprint density at radius 1 is 1.35 bits per heavy atom. The maximum atomic E-state index is 6.53. The predicted octanol–water partition coefficient (Wildman–Crippen LogP) is 2.46. The molecule has 0 bridgehead atoms. The number of hydrogen-bond acceptors (Lipinski definition) is 4. The quantitative estimate of drug-likeness (QED) is 0.921. The number of rotatable bonds is 3. The summed E-state index contributed by atoms with van der Waals surface area (Å²) in [6.45, 7) is 4.94. The molecule has 1 aromatic rings. The average Bonchev–Trinajstić information content (AvgIpc) is 2.49. The van der Waals surface area contributed by atoms with Crippen LogP contribution in [0.15, 0.2) is 24.5 Å². The smallest absolute Gasteiger partial charge is 0.0858 e. The van der Waals surface area contributed by atoms with Crippen molar-refractivity contribution in [1.82, 2.24) is 10.3 Å². The first-order chi connectivity index (χ1) is 9.81. The number of piperidine rings is 1. The zero-order valence-electron chi connectivity index (χ0n) is 12.2. The molecule has 2 saturated heterocycles. The van der Waals surface area contributed by atoms with Gasteiger partial charge in [-0.15, -0.1) is 0 Å². The first-order valence-corrected chi connectivity index (χ1v) is 7.71. The second-order valence-electron chi connectivity index (χ2n) is 5.84. The van der Waals surface area contributed by atoms with Gasteiger partial charge in [0, 0.05) is 31.8 Å². The van der Waals surface area contributed by atoms with Gasteiger partial charge in [-0.2, -0.15) is 0 Å². The summed E-state index contributed by atoms with van der Waals surface area (Å²) in [7, 11) is 0. The minimum atomic E-state index is -0.00271. The van der Waals surface area contributed by atoms with Gasteiger partial charge in [0.15, 0.2) is 0 Å². The second-order valence-corrected chi connectivity index (χ2v) is 5.84. The van der Waals surface area contributed by atoms with E-state index in [9.17, 15) is 0 Å². The average molecular weight is 276 g/mol. The Morgan fingerprint density at radius 2 is 2.10 bits per heavy atom. The third kappa shape index (κ3) is 3.03. The number of aromatic nitrogens is 1. The summed E-state index contributed by atoms with van der Waals surface area (Å²) in [6, 6.07) is 4.13. The summed E-state index contributed by atoms with van der Waals surface area (Å²) in [6.07, 6.45) is 8.29. The fourth-order valence-corrected chi connectivity index (χ4v) is 3.48. The van der Waals surface area contributed by atoms with Crippen LogP contribution in [-0.4, -0.2) is 36.4 Å². The molecule has 1 spiro atoms. The lowest BCUT2D eigenvalue weighted by molar-refractivity contribution is -0.185. The lowest BCUT2D eigenvalue weighted by atomic mass is 9.81.